The van der Waals surface area contributed by atoms with Gasteiger partial charge in [-0.05, 0) is 44.2 Å². The lowest BCUT2D eigenvalue weighted by Gasteiger charge is -2.32. The van der Waals surface area contributed by atoms with Crippen LogP contribution in [0.15, 0.2) is 18.3 Å². The van der Waals surface area contributed by atoms with Crippen molar-refractivity contribution in [2.24, 2.45) is 5.92 Å². The second-order valence-electron chi connectivity index (χ2n) is 6.97. The number of hydrogen-bond donors (Lipinski definition) is 2. The number of hydrogen-bond acceptors (Lipinski definition) is 5. The van der Waals surface area contributed by atoms with Crippen molar-refractivity contribution in [3.05, 3.63) is 24.0 Å². The van der Waals surface area contributed by atoms with Crippen LogP contribution in [0.5, 0.6) is 0 Å². The lowest BCUT2D eigenvalue weighted by molar-refractivity contribution is 0.0944. The fourth-order valence-electron chi connectivity index (χ4n) is 2.87. The van der Waals surface area contributed by atoms with Crippen LogP contribution in [0.25, 0.3) is 0 Å². The van der Waals surface area contributed by atoms with Gasteiger partial charge in [-0.1, -0.05) is 13.8 Å². The first-order valence-electron chi connectivity index (χ1n) is 9.42. The highest BCUT2D eigenvalue weighted by Gasteiger charge is 2.23. The smallest absolute Gasteiger partial charge is 0.409 e. The van der Waals surface area contributed by atoms with E-state index in [0.29, 0.717) is 37.9 Å². The highest BCUT2D eigenvalue weighted by Crippen LogP contribution is 2.17. The van der Waals surface area contributed by atoms with E-state index in [2.05, 4.69) is 29.5 Å². The number of carbonyl (C=O) groups is 2. The molecule has 0 radical (unpaired) electrons. The Labute approximate surface area is 155 Å². The molecule has 0 unspecified atom stereocenters. The summed E-state index contributed by atoms with van der Waals surface area (Å²) in [4.78, 5) is 29.8. The van der Waals surface area contributed by atoms with Crippen LogP contribution in [0.1, 0.15) is 50.5 Å². The fourth-order valence-corrected chi connectivity index (χ4v) is 2.87. The summed E-state index contributed by atoms with van der Waals surface area (Å²) in [5.74, 6) is 0.406. The molecule has 0 saturated carbocycles. The maximum absolute atomic E-state index is 12.2. The Morgan fingerprint density at radius 3 is 2.73 bits per heavy atom. The van der Waals surface area contributed by atoms with Crippen molar-refractivity contribution in [2.75, 3.05) is 31.6 Å². The third kappa shape index (κ3) is 6.20. The van der Waals surface area contributed by atoms with Crippen LogP contribution in [-0.2, 0) is 4.74 Å². The molecule has 7 heteroatoms. The van der Waals surface area contributed by atoms with E-state index in [0.717, 1.165) is 24.9 Å². The molecule has 1 fully saturated rings. The number of rotatable bonds is 7. The first-order chi connectivity index (χ1) is 12.5. The fraction of sp³-hybridized carbons (Fsp3) is 0.632. The van der Waals surface area contributed by atoms with E-state index in [-0.39, 0.29) is 18.0 Å². The Balaban J connectivity index is 1.83. The van der Waals surface area contributed by atoms with E-state index in [4.69, 9.17) is 4.74 Å². The van der Waals surface area contributed by atoms with Gasteiger partial charge >= 0.3 is 6.09 Å². The first kappa shape index (κ1) is 20.0. The Hall–Kier alpha value is -2.31. The minimum Gasteiger partial charge on any atom is -0.450 e. The Morgan fingerprint density at radius 2 is 2.08 bits per heavy atom. The summed E-state index contributed by atoms with van der Waals surface area (Å²) in [6.07, 6.45) is 4.04. The molecule has 144 valence electrons. The van der Waals surface area contributed by atoms with Crippen molar-refractivity contribution >= 4 is 17.7 Å². The van der Waals surface area contributed by atoms with Crippen LogP contribution in [-0.4, -0.2) is 54.2 Å². The second kappa shape index (κ2) is 9.99. The van der Waals surface area contributed by atoms with Crippen LogP contribution in [0.4, 0.5) is 10.5 Å². The average Bonchev–Trinajstić information content (AvgIpc) is 2.62. The standard InChI is InChI=1S/C19H30N4O3/c1-4-26-19(25)23-11-7-15(8-12-23)22-16-6-10-20-17(13-16)18(24)21-9-5-14(2)3/h6,10,13-15H,4-5,7-9,11-12H2,1-3H3,(H,20,22)(H,21,24). The molecule has 1 aromatic rings. The van der Waals surface area contributed by atoms with Crippen LogP contribution in [0.3, 0.4) is 0 Å². The zero-order valence-electron chi connectivity index (χ0n) is 16.0. The number of pyridine rings is 1. The maximum Gasteiger partial charge on any atom is 0.409 e. The minimum absolute atomic E-state index is 0.147. The van der Waals surface area contributed by atoms with Crippen molar-refractivity contribution in [1.29, 1.82) is 0 Å². The zero-order valence-corrected chi connectivity index (χ0v) is 16.0. The van der Waals surface area contributed by atoms with Crippen molar-refractivity contribution < 1.29 is 14.3 Å². The molecule has 1 saturated heterocycles. The molecule has 1 aliphatic heterocycles. The van der Waals surface area contributed by atoms with Gasteiger partial charge in [-0.15, -0.1) is 0 Å². The predicted octanol–water partition coefficient (Wildman–Crippen LogP) is 2.89. The van der Waals surface area contributed by atoms with Gasteiger partial charge in [-0.25, -0.2) is 4.79 Å². The molecule has 0 aromatic carbocycles. The van der Waals surface area contributed by atoms with Gasteiger partial charge < -0.3 is 20.3 Å². The number of ether oxygens (including phenoxy) is 1. The highest BCUT2D eigenvalue weighted by molar-refractivity contribution is 5.93. The molecule has 7 nitrogen and oxygen atoms in total. The number of aromatic nitrogens is 1. The van der Waals surface area contributed by atoms with E-state index < -0.39 is 0 Å². The lowest BCUT2D eigenvalue weighted by atomic mass is 10.1. The molecular formula is C19H30N4O3. The van der Waals surface area contributed by atoms with Crippen molar-refractivity contribution in [3.63, 3.8) is 0 Å². The maximum atomic E-state index is 12.2. The minimum atomic E-state index is -0.241. The van der Waals surface area contributed by atoms with Crippen LogP contribution < -0.4 is 10.6 Å². The van der Waals surface area contributed by atoms with Gasteiger partial charge in [0.1, 0.15) is 5.69 Å². The molecular weight excluding hydrogens is 332 g/mol. The number of anilines is 1. The van der Waals surface area contributed by atoms with Gasteiger partial charge in [0, 0.05) is 37.6 Å². The summed E-state index contributed by atoms with van der Waals surface area (Å²) in [6, 6.07) is 3.91. The summed E-state index contributed by atoms with van der Waals surface area (Å²) in [5.41, 5.74) is 1.30. The molecule has 2 rings (SSSR count). The van der Waals surface area contributed by atoms with E-state index in [9.17, 15) is 9.59 Å². The Bertz CT molecular complexity index is 598. The van der Waals surface area contributed by atoms with E-state index in [1.807, 2.05) is 13.0 Å². The van der Waals surface area contributed by atoms with Gasteiger partial charge in [0.25, 0.3) is 5.91 Å². The first-order valence-corrected chi connectivity index (χ1v) is 9.42. The number of piperidine rings is 1. The molecule has 26 heavy (non-hydrogen) atoms. The lowest BCUT2D eigenvalue weighted by Crippen LogP contribution is -2.42. The Kier molecular flexibility index (Phi) is 7.69. The second-order valence-corrected chi connectivity index (χ2v) is 6.97. The van der Waals surface area contributed by atoms with E-state index >= 15 is 0 Å². The summed E-state index contributed by atoms with van der Waals surface area (Å²) < 4.78 is 5.04. The van der Waals surface area contributed by atoms with Crippen LogP contribution in [0, 0.1) is 5.92 Å². The number of nitrogens with zero attached hydrogens (tertiary/aromatic N) is 2. The molecule has 2 N–H and O–H groups in total. The number of carbonyl (C=O) groups excluding carboxylic acids is 2. The summed E-state index contributed by atoms with van der Waals surface area (Å²) in [5, 5.41) is 6.35. The number of amides is 2. The van der Waals surface area contributed by atoms with Gasteiger partial charge in [-0.2, -0.15) is 0 Å². The normalized spacial score (nSPS) is 15.0. The van der Waals surface area contributed by atoms with Crippen LogP contribution in [0.2, 0.25) is 0 Å². The quantitative estimate of drug-likeness (QED) is 0.779. The zero-order chi connectivity index (χ0) is 18.9. The molecule has 1 aromatic heterocycles. The van der Waals surface area contributed by atoms with Gasteiger partial charge in [0.15, 0.2) is 0 Å². The van der Waals surface area contributed by atoms with Gasteiger partial charge in [0.2, 0.25) is 0 Å². The summed E-state index contributed by atoms with van der Waals surface area (Å²) in [6.45, 7) is 8.46. The predicted molar refractivity (Wildman–Crippen MR) is 101 cm³/mol. The molecule has 2 heterocycles. The van der Waals surface area contributed by atoms with E-state index in [1.54, 1.807) is 17.2 Å². The topological polar surface area (TPSA) is 83.6 Å². The molecule has 0 spiro atoms. The monoisotopic (exact) mass is 362 g/mol. The van der Waals surface area contributed by atoms with E-state index in [1.165, 1.54) is 0 Å². The largest absolute Gasteiger partial charge is 0.450 e. The molecule has 0 aliphatic carbocycles. The SMILES string of the molecule is CCOC(=O)N1CCC(Nc2ccnc(C(=O)NCCC(C)C)c2)CC1. The average molecular weight is 362 g/mol. The highest BCUT2D eigenvalue weighted by atomic mass is 16.6. The van der Waals surface area contributed by atoms with Gasteiger partial charge in [-0.3, -0.25) is 9.78 Å². The summed E-state index contributed by atoms with van der Waals surface area (Å²) >= 11 is 0. The molecule has 2 amide bonds. The number of nitrogens with one attached hydrogen (secondary N) is 2. The van der Waals surface area contributed by atoms with Crippen molar-refractivity contribution in [1.82, 2.24) is 15.2 Å². The molecule has 0 atom stereocenters. The summed E-state index contributed by atoms with van der Waals surface area (Å²) in [7, 11) is 0. The van der Waals surface area contributed by atoms with Gasteiger partial charge in [0.05, 0.1) is 6.61 Å². The molecule has 1 aliphatic rings. The van der Waals surface area contributed by atoms with Crippen LogP contribution >= 0.6 is 0 Å². The third-order valence-electron chi connectivity index (χ3n) is 4.39. The van der Waals surface area contributed by atoms with Crippen molar-refractivity contribution in [3.8, 4) is 0 Å². The third-order valence-corrected chi connectivity index (χ3v) is 4.39. The number of likely N-dealkylation sites (tertiary alicyclic amines) is 1. The molecule has 0 bridgehead atoms. The Morgan fingerprint density at radius 1 is 1.35 bits per heavy atom. The van der Waals surface area contributed by atoms with Crippen molar-refractivity contribution in [2.45, 2.75) is 46.1 Å².